The quantitative estimate of drug-likeness (QED) is 0.193. The van der Waals surface area contributed by atoms with E-state index in [0.717, 1.165) is 25.7 Å². The molecule has 1 saturated heterocycles. The van der Waals surface area contributed by atoms with E-state index in [0.29, 0.717) is 0 Å². The number of rotatable bonds is 9. The molecule has 0 radical (unpaired) electrons. The van der Waals surface area contributed by atoms with E-state index in [1.807, 2.05) is 0 Å². The molecular weight excluding hydrogens is 566 g/mol. The summed E-state index contributed by atoms with van der Waals surface area (Å²) >= 11 is 0. The van der Waals surface area contributed by atoms with E-state index in [1.165, 1.54) is 4.90 Å². The number of nitrogens with zero attached hydrogens (tertiary/aromatic N) is 1. The van der Waals surface area contributed by atoms with Crippen LogP contribution in [-0.2, 0) is 28.7 Å². The smallest absolute Gasteiger partial charge is 0.311 e. The van der Waals surface area contributed by atoms with Crippen LogP contribution in [0.2, 0.25) is 0 Å². The van der Waals surface area contributed by atoms with Crippen LogP contribution < -0.4 is 15.4 Å². The number of hydrogen-bond donors (Lipinski definition) is 2. The van der Waals surface area contributed by atoms with Crippen LogP contribution in [0, 0.1) is 29.2 Å². The molecule has 3 amide bonds. The summed E-state index contributed by atoms with van der Waals surface area (Å²) in [6, 6.07) is -1.61. The molecule has 0 unspecified atom stereocenters. The second-order valence-electron chi connectivity index (χ2n) is 11.4. The number of piperidine rings is 1. The Morgan fingerprint density at radius 2 is 1.52 bits per heavy atom. The molecule has 10 nitrogen and oxygen atoms in total. The van der Waals surface area contributed by atoms with Crippen LogP contribution >= 0.6 is 0 Å². The Bertz CT molecular complexity index is 1180. The maximum atomic E-state index is 14.0. The lowest BCUT2D eigenvalue weighted by molar-refractivity contribution is -0.156. The van der Waals surface area contributed by atoms with Gasteiger partial charge in [0.05, 0.1) is 6.42 Å². The molecule has 0 spiro atoms. The molecule has 232 valence electrons. The number of likely N-dealkylation sites (tertiary alicyclic amines) is 1. The van der Waals surface area contributed by atoms with Gasteiger partial charge in [-0.25, -0.2) is 8.78 Å². The SMILES string of the molecule is CC(C)(C)OC(=O)C[C@H](NC(=O)C1CCN(C(=O)C(=O)NC2CCCC2)CC1)C(=O)COc1c(F)c(F)cc(F)c1F. The van der Waals surface area contributed by atoms with E-state index in [1.54, 1.807) is 20.8 Å². The minimum Gasteiger partial charge on any atom is -0.479 e. The van der Waals surface area contributed by atoms with Crippen molar-refractivity contribution in [1.29, 1.82) is 0 Å². The van der Waals surface area contributed by atoms with Gasteiger partial charge < -0.3 is 25.0 Å². The normalized spacial score (nSPS) is 17.0. The van der Waals surface area contributed by atoms with Gasteiger partial charge in [-0.15, -0.1) is 0 Å². The molecule has 1 aliphatic carbocycles. The molecule has 2 fully saturated rings. The zero-order chi connectivity index (χ0) is 31.2. The van der Waals surface area contributed by atoms with Crippen LogP contribution in [-0.4, -0.2) is 71.8 Å². The monoisotopic (exact) mass is 601 g/mol. The summed E-state index contributed by atoms with van der Waals surface area (Å²) in [5.74, 6) is -13.3. The Balaban J connectivity index is 1.62. The Hall–Kier alpha value is -3.71. The van der Waals surface area contributed by atoms with E-state index in [2.05, 4.69) is 10.6 Å². The molecule has 1 aliphatic heterocycles. The predicted octanol–water partition coefficient (Wildman–Crippen LogP) is 2.70. The van der Waals surface area contributed by atoms with Gasteiger partial charge in [0.15, 0.2) is 23.2 Å². The number of nitrogens with one attached hydrogen (secondary N) is 2. The van der Waals surface area contributed by atoms with Crippen molar-refractivity contribution in [1.82, 2.24) is 15.5 Å². The molecule has 1 aromatic rings. The summed E-state index contributed by atoms with van der Waals surface area (Å²) in [6.07, 6.45) is 3.28. The van der Waals surface area contributed by atoms with Crippen molar-refractivity contribution in [3.63, 3.8) is 0 Å². The minimum atomic E-state index is -1.85. The third-order valence-corrected chi connectivity index (χ3v) is 6.96. The summed E-state index contributed by atoms with van der Waals surface area (Å²) in [7, 11) is 0. The highest BCUT2D eigenvalue weighted by molar-refractivity contribution is 6.35. The van der Waals surface area contributed by atoms with E-state index < -0.39 is 89.1 Å². The highest BCUT2D eigenvalue weighted by Gasteiger charge is 2.34. The van der Waals surface area contributed by atoms with Gasteiger partial charge in [-0.1, -0.05) is 12.8 Å². The molecule has 0 aromatic heterocycles. The third-order valence-electron chi connectivity index (χ3n) is 6.96. The Morgan fingerprint density at radius 3 is 2.07 bits per heavy atom. The molecule has 3 rings (SSSR count). The Labute approximate surface area is 240 Å². The number of esters is 1. The molecule has 1 heterocycles. The van der Waals surface area contributed by atoms with Crippen LogP contribution in [0.15, 0.2) is 6.07 Å². The van der Waals surface area contributed by atoms with Gasteiger partial charge in [0.1, 0.15) is 18.2 Å². The van der Waals surface area contributed by atoms with E-state index in [4.69, 9.17) is 9.47 Å². The van der Waals surface area contributed by atoms with Gasteiger partial charge in [0.25, 0.3) is 0 Å². The zero-order valence-corrected chi connectivity index (χ0v) is 23.7. The van der Waals surface area contributed by atoms with E-state index >= 15 is 0 Å². The number of hydrogen-bond acceptors (Lipinski definition) is 7. The first kappa shape index (κ1) is 32.8. The summed E-state index contributed by atoms with van der Waals surface area (Å²) in [5.41, 5.74) is -0.931. The van der Waals surface area contributed by atoms with Gasteiger partial charge >= 0.3 is 17.8 Å². The number of amides is 3. The molecule has 2 aliphatic rings. The van der Waals surface area contributed by atoms with Crippen molar-refractivity contribution in [2.24, 2.45) is 5.92 Å². The van der Waals surface area contributed by atoms with Gasteiger partial charge in [-0.05, 0) is 46.5 Å². The van der Waals surface area contributed by atoms with Gasteiger partial charge in [-0.3, -0.25) is 24.0 Å². The molecule has 1 atom stereocenters. The summed E-state index contributed by atoms with van der Waals surface area (Å²) in [4.78, 5) is 64.6. The highest BCUT2D eigenvalue weighted by atomic mass is 19.2. The second kappa shape index (κ2) is 14.0. The number of carbonyl (C=O) groups excluding carboxylic acids is 5. The fourth-order valence-corrected chi connectivity index (χ4v) is 4.81. The predicted molar refractivity (Wildman–Crippen MR) is 139 cm³/mol. The number of halogens is 4. The first-order valence-electron chi connectivity index (χ1n) is 13.8. The average molecular weight is 602 g/mol. The van der Waals surface area contributed by atoms with Gasteiger partial charge in [0, 0.05) is 31.1 Å². The Morgan fingerprint density at radius 1 is 0.952 bits per heavy atom. The zero-order valence-electron chi connectivity index (χ0n) is 23.7. The lowest BCUT2D eigenvalue weighted by atomic mass is 9.95. The van der Waals surface area contributed by atoms with Crippen molar-refractivity contribution in [3.8, 4) is 5.75 Å². The van der Waals surface area contributed by atoms with Crippen molar-refractivity contribution in [3.05, 3.63) is 29.3 Å². The standard InChI is InChI=1S/C28H35F4N3O7/c1-28(2,3)42-21(37)13-19(20(36)14-41-24-22(31)17(29)12-18(30)23(24)32)34-25(38)15-8-10-35(11-9-15)27(40)26(39)33-16-6-4-5-7-16/h12,15-16,19H,4-11,13-14H2,1-3H3,(H,33,39)(H,34,38)/t19-/m0/s1. The minimum absolute atomic E-state index is 0.0220. The van der Waals surface area contributed by atoms with E-state index in [9.17, 15) is 41.5 Å². The van der Waals surface area contributed by atoms with Crippen molar-refractivity contribution in [2.45, 2.75) is 83.4 Å². The van der Waals surface area contributed by atoms with Crippen LogP contribution in [0.3, 0.4) is 0 Å². The fraction of sp³-hybridized carbons (Fsp3) is 0.607. The van der Waals surface area contributed by atoms with Crippen molar-refractivity contribution in [2.75, 3.05) is 19.7 Å². The van der Waals surface area contributed by atoms with Crippen LogP contribution in [0.5, 0.6) is 5.75 Å². The third kappa shape index (κ3) is 8.89. The molecule has 42 heavy (non-hydrogen) atoms. The first-order valence-corrected chi connectivity index (χ1v) is 13.8. The number of ketones is 1. The molecule has 2 N–H and O–H groups in total. The fourth-order valence-electron chi connectivity index (χ4n) is 4.81. The molecule has 14 heteroatoms. The lowest BCUT2D eigenvalue weighted by Crippen LogP contribution is -2.51. The topological polar surface area (TPSA) is 131 Å². The molecule has 1 saturated carbocycles. The van der Waals surface area contributed by atoms with E-state index in [-0.39, 0.29) is 38.0 Å². The largest absolute Gasteiger partial charge is 0.479 e. The van der Waals surface area contributed by atoms with Gasteiger partial charge in [0.2, 0.25) is 17.5 Å². The number of Topliss-reactive ketones (excluding diaryl/α,β-unsaturated/α-hetero) is 1. The van der Waals surface area contributed by atoms with Gasteiger partial charge in [-0.2, -0.15) is 8.78 Å². The molecule has 0 bridgehead atoms. The maximum Gasteiger partial charge on any atom is 0.311 e. The number of ether oxygens (including phenoxy) is 2. The summed E-state index contributed by atoms with van der Waals surface area (Å²) in [6.45, 7) is 3.82. The summed E-state index contributed by atoms with van der Waals surface area (Å²) < 4.78 is 64.9. The maximum absolute atomic E-state index is 14.0. The van der Waals surface area contributed by atoms with Crippen LogP contribution in [0.4, 0.5) is 17.6 Å². The first-order chi connectivity index (χ1) is 19.7. The van der Waals surface area contributed by atoms with Crippen LogP contribution in [0.25, 0.3) is 0 Å². The summed E-state index contributed by atoms with van der Waals surface area (Å²) in [5, 5.41) is 5.15. The highest BCUT2D eigenvalue weighted by Crippen LogP contribution is 2.27. The van der Waals surface area contributed by atoms with Crippen molar-refractivity contribution >= 4 is 29.5 Å². The molecule has 1 aromatic carbocycles. The number of benzene rings is 1. The lowest BCUT2D eigenvalue weighted by Gasteiger charge is -2.32. The van der Waals surface area contributed by atoms with Crippen molar-refractivity contribution < 1.29 is 51.0 Å². The second-order valence-corrected chi connectivity index (χ2v) is 11.4. The number of carbonyl (C=O) groups is 5. The van der Waals surface area contributed by atoms with Crippen LogP contribution in [0.1, 0.15) is 65.7 Å². The average Bonchev–Trinajstić information content (AvgIpc) is 3.43. The molecular formula is C28H35F4N3O7. The Kier molecular flexibility index (Phi) is 10.9.